The summed E-state index contributed by atoms with van der Waals surface area (Å²) in [7, 11) is 2.02. The fourth-order valence-electron chi connectivity index (χ4n) is 2.48. The topological polar surface area (TPSA) is 39.1 Å². The molecule has 18 heavy (non-hydrogen) atoms. The monoisotopic (exact) mass is 307 g/mol. The lowest BCUT2D eigenvalue weighted by atomic mass is 9.96. The molecule has 0 aliphatic carbocycles. The van der Waals surface area contributed by atoms with Gasteiger partial charge in [0.15, 0.2) is 0 Å². The molecule has 0 aromatic heterocycles. The van der Waals surface area contributed by atoms with Gasteiger partial charge in [0.1, 0.15) is 6.07 Å². The fourth-order valence-corrected chi connectivity index (χ4v) is 2.93. The minimum Gasteiger partial charge on any atom is -0.371 e. The molecule has 0 amide bonds. The Labute approximate surface area is 117 Å². The maximum Gasteiger partial charge on any atom is 0.100 e. The van der Waals surface area contributed by atoms with Crippen LogP contribution in [0.2, 0.25) is 0 Å². The van der Waals surface area contributed by atoms with Crippen LogP contribution in [0, 0.1) is 17.2 Å². The smallest absolute Gasteiger partial charge is 0.100 e. The average Bonchev–Trinajstić information content (AvgIpc) is 2.40. The van der Waals surface area contributed by atoms with Crippen molar-refractivity contribution in [2.45, 2.75) is 12.8 Å². The van der Waals surface area contributed by atoms with Gasteiger partial charge in [-0.2, -0.15) is 5.26 Å². The van der Waals surface area contributed by atoms with Crippen molar-refractivity contribution in [3.8, 4) is 6.07 Å². The van der Waals surface area contributed by atoms with Gasteiger partial charge in [0, 0.05) is 23.2 Å². The van der Waals surface area contributed by atoms with E-state index in [-0.39, 0.29) is 0 Å². The Morgan fingerprint density at radius 2 is 2.17 bits per heavy atom. The van der Waals surface area contributed by atoms with Crippen LogP contribution in [0.3, 0.4) is 0 Å². The van der Waals surface area contributed by atoms with Gasteiger partial charge < -0.3 is 10.2 Å². The van der Waals surface area contributed by atoms with E-state index in [9.17, 15) is 0 Å². The molecule has 3 nitrogen and oxygen atoms in total. The van der Waals surface area contributed by atoms with Crippen LogP contribution in [-0.4, -0.2) is 26.7 Å². The second-order valence-corrected chi connectivity index (χ2v) is 5.62. The van der Waals surface area contributed by atoms with Gasteiger partial charge in [-0.1, -0.05) is 0 Å². The summed E-state index contributed by atoms with van der Waals surface area (Å²) >= 11 is 3.45. The summed E-state index contributed by atoms with van der Waals surface area (Å²) < 4.78 is 0.889. The minimum atomic E-state index is 0.698. The van der Waals surface area contributed by atoms with Crippen LogP contribution in [-0.2, 0) is 0 Å². The highest BCUT2D eigenvalue weighted by Crippen LogP contribution is 2.27. The number of nitriles is 1. The van der Waals surface area contributed by atoms with Crippen LogP contribution in [0.5, 0.6) is 0 Å². The number of benzene rings is 1. The lowest BCUT2D eigenvalue weighted by Gasteiger charge is -2.33. The zero-order chi connectivity index (χ0) is 13.0. The van der Waals surface area contributed by atoms with E-state index in [0.717, 1.165) is 30.0 Å². The number of rotatable bonds is 3. The molecule has 1 N–H and O–H groups in total. The maximum atomic E-state index is 8.91. The molecule has 1 aromatic rings. The number of anilines is 1. The molecule has 0 bridgehead atoms. The van der Waals surface area contributed by atoms with Gasteiger partial charge in [-0.05, 0) is 66.5 Å². The largest absolute Gasteiger partial charge is 0.371 e. The third kappa shape index (κ3) is 3.04. The van der Waals surface area contributed by atoms with E-state index in [2.05, 4.69) is 38.3 Å². The van der Waals surface area contributed by atoms with Crippen molar-refractivity contribution in [1.82, 2.24) is 5.32 Å². The molecule has 1 aromatic carbocycles. The molecule has 0 unspecified atom stereocenters. The number of hydrogen-bond acceptors (Lipinski definition) is 3. The van der Waals surface area contributed by atoms with E-state index in [0.29, 0.717) is 5.56 Å². The van der Waals surface area contributed by atoms with Crippen LogP contribution in [0.15, 0.2) is 22.7 Å². The van der Waals surface area contributed by atoms with Crippen molar-refractivity contribution in [3.63, 3.8) is 0 Å². The molecule has 2 rings (SSSR count). The highest BCUT2D eigenvalue weighted by atomic mass is 79.9. The van der Waals surface area contributed by atoms with Crippen molar-refractivity contribution >= 4 is 21.6 Å². The standard InChI is InChI=1S/C14H18BrN3/c1-17-10-11-4-6-18(7-5-11)13-3-2-12(9-16)14(15)8-13/h2-3,8,11,17H,4-7,10H2,1H3. The first-order chi connectivity index (χ1) is 8.74. The van der Waals surface area contributed by atoms with Crippen LogP contribution < -0.4 is 10.2 Å². The van der Waals surface area contributed by atoms with E-state index in [4.69, 9.17) is 5.26 Å². The number of nitrogens with zero attached hydrogens (tertiary/aromatic N) is 2. The van der Waals surface area contributed by atoms with Crippen LogP contribution >= 0.6 is 15.9 Å². The number of nitrogens with one attached hydrogen (secondary N) is 1. The van der Waals surface area contributed by atoms with Crippen LogP contribution in [0.4, 0.5) is 5.69 Å². The quantitative estimate of drug-likeness (QED) is 0.933. The third-order valence-corrected chi connectivity index (χ3v) is 4.20. The molecular formula is C14H18BrN3. The molecule has 96 valence electrons. The van der Waals surface area contributed by atoms with Crippen molar-refractivity contribution in [1.29, 1.82) is 5.26 Å². The fraction of sp³-hybridized carbons (Fsp3) is 0.500. The summed E-state index contributed by atoms with van der Waals surface area (Å²) in [6.07, 6.45) is 2.47. The zero-order valence-corrected chi connectivity index (χ0v) is 12.2. The van der Waals surface area contributed by atoms with E-state index >= 15 is 0 Å². The van der Waals surface area contributed by atoms with E-state index in [1.165, 1.54) is 18.5 Å². The van der Waals surface area contributed by atoms with Crippen molar-refractivity contribution in [2.24, 2.45) is 5.92 Å². The first kappa shape index (κ1) is 13.4. The second kappa shape index (κ2) is 6.21. The Bertz CT molecular complexity index is 445. The van der Waals surface area contributed by atoms with Crippen LogP contribution in [0.1, 0.15) is 18.4 Å². The average molecular weight is 308 g/mol. The molecule has 1 heterocycles. The SMILES string of the molecule is CNCC1CCN(c2ccc(C#N)c(Br)c2)CC1. The van der Waals surface area contributed by atoms with E-state index in [1.807, 2.05) is 19.2 Å². The Balaban J connectivity index is 2.02. The Hall–Kier alpha value is -1.05. The Morgan fingerprint density at radius 1 is 1.44 bits per heavy atom. The predicted octanol–water partition coefficient (Wildman–Crippen LogP) is 2.76. The third-order valence-electron chi connectivity index (χ3n) is 3.55. The molecule has 0 atom stereocenters. The number of piperidine rings is 1. The van der Waals surface area contributed by atoms with Gasteiger partial charge in [-0.25, -0.2) is 0 Å². The zero-order valence-electron chi connectivity index (χ0n) is 10.6. The lowest BCUT2D eigenvalue weighted by molar-refractivity contribution is 0.393. The number of halogens is 1. The Kier molecular flexibility index (Phi) is 4.62. The summed E-state index contributed by atoms with van der Waals surface area (Å²) in [6.45, 7) is 3.32. The molecule has 1 saturated heterocycles. The minimum absolute atomic E-state index is 0.698. The molecular weight excluding hydrogens is 290 g/mol. The van der Waals surface area contributed by atoms with E-state index in [1.54, 1.807) is 0 Å². The van der Waals surface area contributed by atoms with Crippen molar-refractivity contribution in [3.05, 3.63) is 28.2 Å². The molecule has 1 aliphatic heterocycles. The van der Waals surface area contributed by atoms with Gasteiger partial charge >= 0.3 is 0 Å². The highest BCUT2D eigenvalue weighted by molar-refractivity contribution is 9.10. The summed E-state index contributed by atoms with van der Waals surface area (Å²) in [5.41, 5.74) is 1.91. The molecule has 4 heteroatoms. The summed E-state index contributed by atoms with van der Waals surface area (Å²) in [6, 6.07) is 8.16. The molecule has 1 fully saturated rings. The van der Waals surface area contributed by atoms with Gasteiger partial charge in [-0.3, -0.25) is 0 Å². The lowest BCUT2D eigenvalue weighted by Crippen LogP contribution is -2.36. The van der Waals surface area contributed by atoms with Crippen molar-refractivity contribution < 1.29 is 0 Å². The highest BCUT2D eigenvalue weighted by Gasteiger charge is 2.19. The molecule has 0 radical (unpaired) electrons. The van der Waals surface area contributed by atoms with Gasteiger partial charge in [0.05, 0.1) is 5.56 Å². The normalized spacial score (nSPS) is 16.6. The molecule has 1 aliphatic rings. The van der Waals surface area contributed by atoms with Crippen molar-refractivity contribution in [2.75, 3.05) is 31.6 Å². The van der Waals surface area contributed by atoms with Gasteiger partial charge in [0.2, 0.25) is 0 Å². The molecule has 0 spiro atoms. The predicted molar refractivity (Wildman–Crippen MR) is 77.7 cm³/mol. The van der Waals surface area contributed by atoms with Gasteiger partial charge in [-0.15, -0.1) is 0 Å². The summed E-state index contributed by atoms with van der Waals surface area (Å²) in [5, 5.41) is 12.2. The Morgan fingerprint density at radius 3 is 2.72 bits per heavy atom. The maximum absolute atomic E-state index is 8.91. The summed E-state index contributed by atoms with van der Waals surface area (Å²) in [4.78, 5) is 2.40. The second-order valence-electron chi connectivity index (χ2n) is 4.76. The first-order valence-corrected chi connectivity index (χ1v) is 7.13. The molecule has 0 saturated carbocycles. The van der Waals surface area contributed by atoms with E-state index < -0.39 is 0 Å². The number of hydrogen-bond donors (Lipinski definition) is 1. The van der Waals surface area contributed by atoms with Crippen LogP contribution in [0.25, 0.3) is 0 Å². The van der Waals surface area contributed by atoms with Gasteiger partial charge in [0.25, 0.3) is 0 Å². The first-order valence-electron chi connectivity index (χ1n) is 6.33. The summed E-state index contributed by atoms with van der Waals surface area (Å²) in [5.74, 6) is 0.799.